The zero-order chi connectivity index (χ0) is 28.1. The molecule has 0 heterocycles. The first-order valence-electron chi connectivity index (χ1n) is 11.5. The summed E-state index contributed by atoms with van der Waals surface area (Å²) in [4.78, 5) is 0.198. The summed E-state index contributed by atoms with van der Waals surface area (Å²) in [5, 5.41) is 0. The van der Waals surface area contributed by atoms with Gasteiger partial charge < -0.3 is 18.9 Å². The molecule has 12 heteroatoms. The SMILES string of the molecule is COc1c(CNS(=O)(=O)c2ccc(C)cc2)c(OC)c(OC)c(CNS(=O)(=O)c2ccc(C)cc2)c1OC. The molecule has 38 heavy (non-hydrogen) atoms. The molecule has 0 fully saturated rings. The summed E-state index contributed by atoms with van der Waals surface area (Å²) >= 11 is 0. The van der Waals surface area contributed by atoms with Crippen LogP contribution in [0.15, 0.2) is 58.3 Å². The monoisotopic (exact) mass is 564 g/mol. The molecule has 0 saturated heterocycles. The number of aryl methyl sites for hydroxylation is 2. The summed E-state index contributed by atoms with van der Waals surface area (Å²) in [5.74, 6) is 0.671. The van der Waals surface area contributed by atoms with Gasteiger partial charge in [0.05, 0.1) is 49.4 Å². The molecule has 0 aromatic heterocycles. The molecule has 0 aliphatic heterocycles. The van der Waals surface area contributed by atoms with Crippen molar-refractivity contribution in [3.05, 3.63) is 70.8 Å². The van der Waals surface area contributed by atoms with E-state index >= 15 is 0 Å². The Bertz CT molecular complexity index is 1340. The maximum absolute atomic E-state index is 12.9. The van der Waals surface area contributed by atoms with Crippen molar-refractivity contribution in [2.24, 2.45) is 0 Å². The highest BCUT2D eigenvalue weighted by Crippen LogP contribution is 2.48. The van der Waals surface area contributed by atoms with Crippen LogP contribution in [0.25, 0.3) is 0 Å². The summed E-state index contributed by atoms with van der Waals surface area (Å²) in [5.41, 5.74) is 2.47. The van der Waals surface area contributed by atoms with Crippen LogP contribution in [0.5, 0.6) is 23.0 Å². The molecule has 0 spiro atoms. The molecule has 3 aromatic rings. The van der Waals surface area contributed by atoms with Crippen molar-refractivity contribution >= 4 is 20.0 Å². The minimum absolute atomic E-state index is 0.0992. The predicted molar refractivity (Wildman–Crippen MR) is 143 cm³/mol. The van der Waals surface area contributed by atoms with Crippen LogP contribution in [0.1, 0.15) is 22.3 Å². The van der Waals surface area contributed by atoms with Crippen molar-refractivity contribution in [2.45, 2.75) is 36.7 Å². The van der Waals surface area contributed by atoms with E-state index in [1.165, 1.54) is 52.7 Å². The molecule has 0 amide bonds. The lowest BCUT2D eigenvalue weighted by atomic mass is 10.0. The molecule has 0 aliphatic rings. The highest BCUT2D eigenvalue weighted by Gasteiger charge is 2.29. The molecular formula is C26H32N2O8S2. The predicted octanol–water partition coefficient (Wildman–Crippen LogP) is 3.29. The van der Waals surface area contributed by atoms with Crippen LogP contribution >= 0.6 is 0 Å². The van der Waals surface area contributed by atoms with E-state index in [-0.39, 0.29) is 45.9 Å². The Morgan fingerprint density at radius 1 is 0.526 bits per heavy atom. The molecular weight excluding hydrogens is 532 g/mol. The Hall–Kier alpha value is -3.32. The summed E-state index contributed by atoms with van der Waals surface area (Å²) in [6.07, 6.45) is 0. The number of sulfonamides is 2. The van der Waals surface area contributed by atoms with Gasteiger partial charge >= 0.3 is 0 Å². The Morgan fingerprint density at radius 2 is 0.789 bits per heavy atom. The summed E-state index contributed by atoms with van der Waals surface area (Å²) in [7, 11) is -2.18. The van der Waals surface area contributed by atoms with Crippen LogP contribution in [0.2, 0.25) is 0 Å². The van der Waals surface area contributed by atoms with Gasteiger partial charge in [-0.05, 0) is 38.1 Å². The number of benzene rings is 3. The molecule has 206 valence electrons. The van der Waals surface area contributed by atoms with E-state index in [9.17, 15) is 16.8 Å². The molecule has 3 aromatic carbocycles. The Kier molecular flexibility index (Phi) is 9.26. The molecule has 2 N–H and O–H groups in total. The minimum Gasteiger partial charge on any atom is -0.492 e. The number of rotatable bonds is 12. The molecule has 0 saturated carbocycles. The second-order valence-corrected chi connectivity index (χ2v) is 11.9. The minimum atomic E-state index is -3.87. The molecule has 10 nitrogen and oxygen atoms in total. The Labute approximate surface area is 224 Å². The van der Waals surface area contributed by atoms with Gasteiger partial charge in [0.1, 0.15) is 0 Å². The summed E-state index contributed by atoms with van der Waals surface area (Å²) in [6, 6.07) is 12.9. The third kappa shape index (κ3) is 6.21. The van der Waals surface area contributed by atoms with E-state index < -0.39 is 20.0 Å². The zero-order valence-electron chi connectivity index (χ0n) is 22.1. The van der Waals surface area contributed by atoms with Crippen molar-refractivity contribution in [2.75, 3.05) is 28.4 Å². The number of ether oxygens (including phenoxy) is 4. The average Bonchev–Trinajstić information content (AvgIpc) is 2.90. The Balaban J connectivity index is 2.02. The highest BCUT2D eigenvalue weighted by atomic mass is 32.2. The molecule has 3 rings (SSSR count). The quantitative estimate of drug-likeness (QED) is 0.343. The van der Waals surface area contributed by atoms with Crippen LogP contribution < -0.4 is 28.4 Å². The Morgan fingerprint density at radius 3 is 1.03 bits per heavy atom. The van der Waals surface area contributed by atoms with Crippen LogP contribution in [0.3, 0.4) is 0 Å². The normalized spacial score (nSPS) is 11.7. The number of nitrogens with one attached hydrogen (secondary N) is 2. The van der Waals surface area contributed by atoms with Crippen molar-refractivity contribution in [3.63, 3.8) is 0 Å². The second-order valence-electron chi connectivity index (χ2n) is 8.37. The summed E-state index contributed by atoms with van der Waals surface area (Å²) < 4.78 is 79.2. The smallest absolute Gasteiger partial charge is 0.240 e. The fourth-order valence-corrected chi connectivity index (χ4v) is 5.87. The lowest BCUT2D eigenvalue weighted by Crippen LogP contribution is -2.25. The van der Waals surface area contributed by atoms with Gasteiger partial charge in [-0.15, -0.1) is 0 Å². The molecule has 0 aliphatic carbocycles. The van der Waals surface area contributed by atoms with Gasteiger partial charge in [-0.3, -0.25) is 0 Å². The largest absolute Gasteiger partial charge is 0.492 e. The van der Waals surface area contributed by atoms with Crippen molar-refractivity contribution in [1.29, 1.82) is 0 Å². The van der Waals surface area contributed by atoms with Gasteiger partial charge in [-0.25, -0.2) is 26.3 Å². The first-order valence-corrected chi connectivity index (χ1v) is 14.5. The van der Waals surface area contributed by atoms with Gasteiger partial charge in [0.2, 0.25) is 20.0 Å². The fourth-order valence-electron chi connectivity index (χ4n) is 3.87. The topological polar surface area (TPSA) is 129 Å². The number of hydrogen-bond acceptors (Lipinski definition) is 8. The maximum atomic E-state index is 12.9. The van der Waals surface area contributed by atoms with Crippen LogP contribution in [0, 0.1) is 13.8 Å². The van der Waals surface area contributed by atoms with Gasteiger partial charge in [0.25, 0.3) is 0 Å². The second kappa shape index (κ2) is 12.0. The van der Waals surface area contributed by atoms with Crippen molar-refractivity contribution < 1.29 is 35.8 Å². The average molecular weight is 565 g/mol. The van der Waals surface area contributed by atoms with Crippen LogP contribution in [-0.4, -0.2) is 45.3 Å². The standard InChI is InChI=1S/C26H32N2O8S2/c1-17-7-11-19(12-8-17)37(29,30)27-15-21-23(33-3)25(35-5)22(26(36-6)24(21)34-4)16-28-38(31,32)20-13-9-18(2)10-14-20/h7-14,27-28H,15-16H2,1-6H3. The van der Waals surface area contributed by atoms with Crippen LogP contribution in [0.4, 0.5) is 0 Å². The van der Waals surface area contributed by atoms with E-state index in [1.807, 2.05) is 13.8 Å². The summed E-state index contributed by atoms with van der Waals surface area (Å²) in [6.45, 7) is 3.29. The van der Waals surface area contributed by atoms with Crippen molar-refractivity contribution in [3.8, 4) is 23.0 Å². The van der Waals surface area contributed by atoms with Crippen molar-refractivity contribution in [1.82, 2.24) is 9.44 Å². The van der Waals surface area contributed by atoms with Gasteiger partial charge in [0.15, 0.2) is 23.0 Å². The highest BCUT2D eigenvalue weighted by molar-refractivity contribution is 7.89. The number of hydrogen-bond donors (Lipinski definition) is 2. The molecule has 0 bridgehead atoms. The van der Waals surface area contributed by atoms with E-state index in [2.05, 4.69) is 9.44 Å². The van der Waals surface area contributed by atoms with Gasteiger partial charge in [0, 0.05) is 13.1 Å². The first kappa shape index (κ1) is 29.2. The third-order valence-corrected chi connectivity index (χ3v) is 8.70. The van der Waals surface area contributed by atoms with E-state index in [0.717, 1.165) is 11.1 Å². The molecule has 0 radical (unpaired) electrons. The maximum Gasteiger partial charge on any atom is 0.240 e. The first-order chi connectivity index (χ1) is 18.0. The molecule has 0 unspecified atom stereocenters. The number of methoxy groups -OCH3 is 4. The van der Waals surface area contributed by atoms with E-state index in [0.29, 0.717) is 11.1 Å². The zero-order valence-corrected chi connectivity index (χ0v) is 23.7. The van der Waals surface area contributed by atoms with Gasteiger partial charge in [-0.2, -0.15) is 0 Å². The van der Waals surface area contributed by atoms with Gasteiger partial charge in [-0.1, -0.05) is 35.4 Å². The van der Waals surface area contributed by atoms with E-state index in [4.69, 9.17) is 18.9 Å². The lowest BCUT2D eigenvalue weighted by molar-refractivity contribution is 0.317. The molecule has 0 atom stereocenters. The van der Waals surface area contributed by atoms with E-state index in [1.54, 1.807) is 24.3 Å². The fraction of sp³-hybridized carbons (Fsp3) is 0.308. The lowest BCUT2D eigenvalue weighted by Gasteiger charge is -2.23. The van der Waals surface area contributed by atoms with Crippen LogP contribution in [-0.2, 0) is 33.1 Å². The third-order valence-electron chi connectivity index (χ3n) is 5.87.